The van der Waals surface area contributed by atoms with Gasteiger partial charge in [0, 0.05) is 31.6 Å². The summed E-state index contributed by atoms with van der Waals surface area (Å²) in [6.07, 6.45) is 4.53. The summed E-state index contributed by atoms with van der Waals surface area (Å²) in [5.74, 6) is 1.82. The fourth-order valence-electron chi connectivity index (χ4n) is 5.55. The van der Waals surface area contributed by atoms with Crippen LogP contribution in [0.4, 0.5) is 0 Å². The van der Waals surface area contributed by atoms with Crippen molar-refractivity contribution in [1.82, 2.24) is 9.80 Å². The molecule has 6 nitrogen and oxygen atoms in total. The second kappa shape index (κ2) is 7.74. The van der Waals surface area contributed by atoms with Crippen molar-refractivity contribution >= 4 is 11.8 Å². The van der Waals surface area contributed by atoms with Gasteiger partial charge in [-0.25, -0.2) is 0 Å². The molecule has 2 bridgehead atoms. The molecule has 0 radical (unpaired) electrons. The lowest BCUT2D eigenvalue weighted by atomic mass is 9.70. The maximum atomic E-state index is 12.9. The highest BCUT2D eigenvalue weighted by molar-refractivity contribution is 5.81. The quantitative estimate of drug-likeness (QED) is 0.858. The molecule has 3 heterocycles. The smallest absolute Gasteiger partial charge is 0.239 e. The Hall–Kier alpha value is -2.08. The van der Waals surface area contributed by atoms with E-state index in [0.29, 0.717) is 24.8 Å². The Morgan fingerprint density at radius 3 is 2.86 bits per heavy atom. The summed E-state index contributed by atoms with van der Waals surface area (Å²) in [6.45, 7) is 3.19. The Bertz CT molecular complexity index is 750. The summed E-state index contributed by atoms with van der Waals surface area (Å²) in [6, 6.07) is 8.01. The minimum atomic E-state index is -0.472. The van der Waals surface area contributed by atoms with Gasteiger partial charge in [-0.1, -0.05) is 12.1 Å². The fraction of sp³-hybridized carbons (Fsp3) is 0.636. The molecule has 1 aromatic rings. The second-order valence-electron chi connectivity index (χ2n) is 8.67. The first-order valence-electron chi connectivity index (χ1n) is 10.5. The number of benzene rings is 1. The zero-order valence-electron chi connectivity index (χ0n) is 16.8. The molecule has 3 aliphatic heterocycles. The first-order chi connectivity index (χ1) is 13.5. The molecule has 3 saturated heterocycles. The van der Waals surface area contributed by atoms with Crippen LogP contribution in [0.2, 0.25) is 0 Å². The van der Waals surface area contributed by atoms with E-state index in [4.69, 9.17) is 10.5 Å². The molecular weight excluding hydrogens is 354 g/mol. The van der Waals surface area contributed by atoms with Crippen LogP contribution in [-0.2, 0) is 16.0 Å². The highest BCUT2D eigenvalue weighted by Gasteiger charge is 2.50. The van der Waals surface area contributed by atoms with Crippen molar-refractivity contribution in [2.75, 3.05) is 20.2 Å². The van der Waals surface area contributed by atoms with Gasteiger partial charge in [0.25, 0.3) is 0 Å². The Balaban J connectivity index is 1.63. The monoisotopic (exact) mass is 385 g/mol. The van der Waals surface area contributed by atoms with Gasteiger partial charge in [0.15, 0.2) is 0 Å². The molecule has 4 rings (SSSR count). The van der Waals surface area contributed by atoms with Gasteiger partial charge < -0.3 is 20.3 Å². The summed E-state index contributed by atoms with van der Waals surface area (Å²) in [4.78, 5) is 29.7. The number of amides is 2. The lowest BCUT2D eigenvalue weighted by molar-refractivity contribution is -0.156. The third kappa shape index (κ3) is 3.50. The van der Waals surface area contributed by atoms with Crippen LogP contribution in [0.15, 0.2) is 24.3 Å². The minimum Gasteiger partial charge on any atom is -0.497 e. The lowest BCUT2D eigenvalue weighted by Gasteiger charge is -2.57. The molecular formula is C22H31N3O3. The van der Waals surface area contributed by atoms with Crippen molar-refractivity contribution in [2.45, 2.75) is 57.2 Å². The van der Waals surface area contributed by atoms with Gasteiger partial charge >= 0.3 is 0 Å². The zero-order valence-corrected chi connectivity index (χ0v) is 16.8. The Morgan fingerprint density at radius 2 is 2.11 bits per heavy atom. The number of methoxy groups -OCH3 is 1. The van der Waals surface area contributed by atoms with Crippen LogP contribution in [0.1, 0.15) is 38.2 Å². The van der Waals surface area contributed by atoms with E-state index in [1.54, 1.807) is 14.0 Å². The summed E-state index contributed by atoms with van der Waals surface area (Å²) in [7, 11) is 1.67. The van der Waals surface area contributed by atoms with Gasteiger partial charge in [-0.2, -0.15) is 0 Å². The number of likely N-dealkylation sites (tertiary alicyclic amines) is 1. The molecule has 152 valence electrons. The summed E-state index contributed by atoms with van der Waals surface area (Å²) >= 11 is 0. The van der Waals surface area contributed by atoms with Crippen molar-refractivity contribution in [3.05, 3.63) is 29.8 Å². The topological polar surface area (TPSA) is 75.9 Å². The Kier molecular flexibility index (Phi) is 5.32. The van der Waals surface area contributed by atoms with Crippen LogP contribution in [0, 0.1) is 11.8 Å². The molecule has 3 aliphatic rings. The molecule has 28 heavy (non-hydrogen) atoms. The molecule has 0 spiro atoms. The van der Waals surface area contributed by atoms with Crippen molar-refractivity contribution < 1.29 is 14.3 Å². The molecule has 1 aromatic carbocycles. The van der Waals surface area contributed by atoms with Crippen LogP contribution in [0.3, 0.4) is 0 Å². The number of fused-ring (bicyclic) bond motifs is 4. The molecule has 0 aliphatic carbocycles. The maximum absolute atomic E-state index is 12.9. The predicted molar refractivity (Wildman–Crippen MR) is 107 cm³/mol. The predicted octanol–water partition coefficient (Wildman–Crippen LogP) is 1.81. The van der Waals surface area contributed by atoms with Crippen LogP contribution in [0.5, 0.6) is 5.75 Å². The van der Waals surface area contributed by atoms with Crippen molar-refractivity contribution in [2.24, 2.45) is 17.6 Å². The Labute approximate surface area is 167 Å². The Morgan fingerprint density at radius 1 is 1.32 bits per heavy atom. The van der Waals surface area contributed by atoms with E-state index in [0.717, 1.165) is 38.0 Å². The third-order valence-corrected chi connectivity index (χ3v) is 6.78. The number of nitrogens with zero attached hydrogens (tertiary/aromatic N) is 2. The van der Waals surface area contributed by atoms with E-state index in [2.05, 4.69) is 17.0 Å². The highest BCUT2D eigenvalue weighted by Crippen LogP contribution is 2.42. The SMILES string of the molecule is COc1cccc(C[C@H]2[C@H]3C[C@H](CN(C(=O)[C@@H](C)N)C3)[C@@H]3CCCC(=O)N32)c1. The summed E-state index contributed by atoms with van der Waals surface area (Å²) in [5, 5.41) is 0. The fourth-order valence-corrected chi connectivity index (χ4v) is 5.55. The van der Waals surface area contributed by atoms with E-state index < -0.39 is 6.04 Å². The number of carbonyl (C=O) groups excluding carboxylic acids is 2. The van der Waals surface area contributed by atoms with Crippen molar-refractivity contribution in [3.63, 3.8) is 0 Å². The first-order valence-corrected chi connectivity index (χ1v) is 10.5. The average Bonchev–Trinajstić information content (AvgIpc) is 2.70. The van der Waals surface area contributed by atoms with E-state index in [9.17, 15) is 9.59 Å². The van der Waals surface area contributed by atoms with Crippen LogP contribution >= 0.6 is 0 Å². The van der Waals surface area contributed by atoms with Crippen LogP contribution in [0.25, 0.3) is 0 Å². The van der Waals surface area contributed by atoms with E-state index in [1.165, 1.54) is 5.56 Å². The second-order valence-corrected chi connectivity index (χ2v) is 8.67. The lowest BCUT2D eigenvalue weighted by Crippen LogP contribution is -2.66. The molecule has 6 heteroatoms. The number of rotatable bonds is 4. The standard InChI is InChI=1S/C22H31N3O3/c1-14(23)22(27)24-12-16-11-17(13-24)20(25-19(16)7-4-8-21(25)26)10-15-5-3-6-18(9-15)28-2/h3,5-6,9,14,16-17,19-20H,4,7-8,10-13,23H2,1-2H3/t14-,16-,17+,19+,20+/m1/s1. The normalized spacial score (nSPS) is 30.6. The van der Waals surface area contributed by atoms with Crippen molar-refractivity contribution in [3.8, 4) is 5.75 Å². The van der Waals surface area contributed by atoms with E-state index in [-0.39, 0.29) is 23.9 Å². The van der Waals surface area contributed by atoms with Crippen molar-refractivity contribution in [1.29, 1.82) is 0 Å². The number of carbonyl (C=O) groups is 2. The van der Waals surface area contributed by atoms with Gasteiger partial charge in [-0.15, -0.1) is 0 Å². The van der Waals surface area contributed by atoms with Gasteiger partial charge in [0.1, 0.15) is 5.75 Å². The molecule has 0 saturated carbocycles. The van der Waals surface area contributed by atoms with Gasteiger partial charge in [0.2, 0.25) is 11.8 Å². The zero-order chi connectivity index (χ0) is 19.8. The number of ether oxygens (including phenoxy) is 1. The van der Waals surface area contributed by atoms with E-state index >= 15 is 0 Å². The molecule has 3 fully saturated rings. The molecule has 5 atom stereocenters. The largest absolute Gasteiger partial charge is 0.497 e. The van der Waals surface area contributed by atoms with Gasteiger partial charge in [0.05, 0.1) is 13.2 Å². The molecule has 0 unspecified atom stereocenters. The van der Waals surface area contributed by atoms with Gasteiger partial charge in [-0.05, 0) is 62.1 Å². The van der Waals surface area contributed by atoms with E-state index in [1.807, 2.05) is 17.0 Å². The van der Waals surface area contributed by atoms with Crippen LogP contribution in [-0.4, -0.2) is 59.9 Å². The third-order valence-electron chi connectivity index (χ3n) is 6.78. The number of hydrogen-bond acceptors (Lipinski definition) is 4. The van der Waals surface area contributed by atoms with Gasteiger partial charge in [-0.3, -0.25) is 9.59 Å². The molecule has 2 amide bonds. The average molecular weight is 386 g/mol. The number of hydrogen-bond donors (Lipinski definition) is 1. The highest BCUT2D eigenvalue weighted by atomic mass is 16.5. The van der Waals surface area contributed by atoms with Crippen LogP contribution < -0.4 is 10.5 Å². The maximum Gasteiger partial charge on any atom is 0.239 e. The summed E-state index contributed by atoms with van der Waals surface area (Å²) < 4.78 is 5.38. The molecule has 0 aromatic heterocycles. The first kappa shape index (κ1) is 19.2. The summed E-state index contributed by atoms with van der Waals surface area (Å²) in [5.41, 5.74) is 7.07. The number of piperidine rings is 3. The number of nitrogens with two attached hydrogens (primary N) is 1. The molecule has 2 N–H and O–H groups in total. The minimum absolute atomic E-state index is 0.0328.